The molecule has 136 valence electrons. The largest absolute Gasteiger partial charge is 0.313 e. The lowest BCUT2D eigenvalue weighted by atomic mass is 10.0. The molecule has 4 rings (SSSR count). The van der Waals surface area contributed by atoms with Crippen molar-refractivity contribution in [2.45, 2.75) is 19.5 Å². The fourth-order valence-corrected chi connectivity index (χ4v) is 3.54. The van der Waals surface area contributed by atoms with Gasteiger partial charge in [-0.05, 0) is 53.5 Å². The Morgan fingerprint density at radius 1 is 0.630 bits per heavy atom. The van der Waals surface area contributed by atoms with E-state index in [1.807, 2.05) is 12.3 Å². The molecule has 1 aromatic heterocycles. The van der Waals surface area contributed by atoms with Crippen LogP contribution in [0.1, 0.15) is 17.5 Å². The molecule has 0 amide bonds. The van der Waals surface area contributed by atoms with E-state index in [2.05, 4.69) is 82.3 Å². The predicted octanol–water partition coefficient (Wildman–Crippen LogP) is 4.66. The molecule has 0 aliphatic carbocycles. The lowest BCUT2D eigenvalue weighted by Gasteiger charge is -2.10. The van der Waals surface area contributed by atoms with Crippen molar-refractivity contribution in [1.29, 1.82) is 0 Å². The highest BCUT2D eigenvalue weighted by atomic mass is 14.9. The zero-order valence-electron chi connectivity index (χ0n) is 15.5. The minimum Gasteiger partial charge on any atom is -0.313 e. The first-order chi connectivity index (χ1) is 13.4. The third-order valence-electron chi connectivity index (χ3n) is 4.96. The molecular weight excluding hydrogens is 330 g/mol. The van der Waals surface area contributed by atoms with Gasteiger partial charge in [-0.25, -0.2) is 0 Å². The van der Waals surface area contributed by atoms with Gasteiger partial charge in [0, 0.05) is 24.7 Å². The first kappa shape index (κ1) is 17.7. The lowest BCUT2D eigenvalue weighted by molar-refractivity contribution is 0.597. The van der Waals surface area contributed by atoms with Crippen molar-refractivity contribution in [1.82, 2.24) is 15.6 Å². The monoisotopic (exact) mass is 355 g/mol. The number of aromatic nitrogens is 1. The van der Waals surface area contributed by atoms with Crippen molar-refractivity contribution in [3.05, 3.63) is 90.1 Å². The highest BCUT2D eigenvalue weighted by Gasteiger charge is 2.01. The third kappa shape index (κ3) is 4.33. The number of pyridine rings is 1. The number of nitrogens with one attached hydrogen (secondary N) is 2. The SMILES string of the molecule is c1ccc2c(CNCCCNCc3ccnc4ccccc34)cccc2c1. The third-order valence-corrected chi connectivity index (χ3v) is 4.96. The van der Waals surface area contributed by atoms with E-state index >= 15 is 0 Å². The maximum absolute atomic E-state index is 4.42. The van der Waals surface area contributed by atoms with Gasteiger partial charge in [0.15, 0.2) is 0 Å². The van der Waals surface area contributed by atoms with Gasteiger partial charge in [-0.2, -0.15) is 0 Å². The van der Waals surface area contributed by atoms with Gasteiger partial charge in [-0.1, -0.05) is 60.7 Å². The van der Waals surface area contributed by atoms with Crippen molar-refractivity contribution in [2.75, 3.05) is 13.1 Å². The van der Waals surface area contributed by atoms with E-state index in [0.717, 1.165) is 38.1 Å². The van der Waals surface area contributed by atoms with Gasteiger partial charge < -0.3 is 10.6 Å². The maximum atomic E-state index is 4.42. The summed E-state index contributed by atoms with van der Waals surface area (Å²) in [6.07, 6.45) is 3.00. The van der Waals surface area contributed by atoms with Crippen molar-refractivity contribution in [2.24, 2.45) is 0 Å². The predicted molar refractivity (Wildman–Crippen MR) is 114 cm³/mol. The minimum atomic E-state index is 0.881. The molecule has 0 bridgehead atoms. The molecule has 0 saturated heterocycles. The van der Waals surface area contributed by atoms with Gasteiger partial charge in [-0.15, -0.1) is 0 Å². The summed E-state index contributed by atoms with van der Waals surface area (Å²) < 4.78 is 0. The second kappa shape index (κ2) is 8.76. The van der Waals surface area contributed by atoms with Crippen molar-refractivity contribution in [3.8, 4) is 0 Å². The number of hydrogen-bond acceptors (Lipinski definition) is 3. The van der Waals surface area contributed by atoms with E-state index in [4.69, 9.17) is 0 Å². The Kier molecular flexibility index (Phi) is 5.73. The van der Waals surface area contributed by atoms with Gasteiger partial charge in [0.2, 0.25) is 0 Å². The number of benzene rings is 3. The Balaban J connectivity index is 1.22. The van der Waals surface area contributed by atoms with Crippen LogP contribution in [0.25, 0.3) is 21.7 Å². The Labute approximate surface area is 160 Å². The Morgan fingerprint density at radius 2 is 1.30 bits per heavy atom. The molecule has 0 aliphatic rings. The van der Waals surface area contributed by atoms with E-state index in [1.165, 1.54) is 27.3 Å². The van der Waals surface area contributed by atoms with E-state index in [1.54, 1.807) is 0 Å². The van der Waals surface area contributed by atoms with Crippen molar-refractivity contribution >= 4 is 21.7 Å². The standard InChI is InChI=1S/C24H25N3/c1-2-10-22-19(7-1)8-5-9-20(22)17-25-14-6-15-26-18-21-13-16-27-24-12-4-3-11-23(21)24/h1-5,7-13,16,25-26H,6,14-15,17-18H2. The molecule has 3 nitrogen and oxygen atoms in total. The normalized spacial score (nSPS) is 11.3. The van der Waals surface area contributed by atoms with Crippen LogP contribution in [-0.2, 0) is 13.1 Å². The second-order valence-electron chi connectivity index (χ2n) is 6.83. The van der Waals surface area contributed by atoms with Gasteiger partial charge in [-0.3, -0.25) is 4.98 Å². The molecule has 1 heterocycles. The van der Waals surface area contributed by atoms with Gasteiger partial charge in [0.1, 0.15) is 0 Å². The van der Waals surface area contributed by atoms with Crippen LogP contribution >= 0.6 is 0 Å². The van der Waals surface area contributed by atoms with Crippen LogP contribution in [0.15, 0.2) is 79.0 Å². The summed E-state index contributed by atoms with van der Waals surface area (Å²) in [5.41, 5.74) is 3.74. The second-order valence-corrected chi connectivity index (χ2v) is 6.83. The Morgan fingerprint density at radius 3 is 2.15 bits per heavy atom. The van der Waals surface area contributed by atoms with Crippen LogP contribution in [0, 0.1) is 0 Å². The van der Waals surface area contributed by atoms with Crippen LogP contribution < -0.4 is 10.6 Å². The quantitative estimate of drug-likeness (QED) is 0.452. The minimum absolute atomic E-state index is 0.881. The maximum Gasteiger partial charge on any atom is 0.0705 e. The number of hydrogen-bond donors (Lipinski definition) is 2. The van der Waals surface area contributed by atoms with Crippen molar-refractivity contribution < 1.29 is 0 Å². The molecule has 3 heteroatoms. The fourth-order valence-electron chi connectivity index (χ4n) is 3.54. The molecule has 2 N–H and O–H groups in total. The van der Waals surface area contributed by atoms with Gasteiger partial charge in [0.05, 0.1) is 5.52 Å². The zero-order valence-corrected chi connectivity index (χ0v) is 15.5. The molecule has 0 fully saturated rings. The summed E-state index contributed by atoms with van der Waals surface area (Å²) in [6.45, 7) is 3.80. The average Bonchev–Trinajstić information content (AvgIpc) is 2.73. The van der Waals surface area contributed by atoms with Crippen molar-refractivity contribution in [3.63, 3.8) is 0 Å². The number of rotatable bonds is 8. The highest BCUT2D eigenvalue weighted by Crippen LogP contribution is 2.18. The summed E-state index contributed by atoms with van der Waals surface area (Å²) in [5.74, 6) is 0. The number of fused-ring (bicyclic) bond motifs is 2. The first-order valence-corrected chi connectivity index (χ1v) is 9.62. The molecule has 0 spiro atoms. The molecule has 3 aromatic carbocycles. The van der Waals surface area contributed by atoms with Crippen LogP contribution in [0.3, 0.4) is 0 Å². The summed E-state index contributed by atoms with van der Waals surface area (Å²) in [7, 11) is 0. The van der Waals surface area contributed by atoms with Gasteiger partial charge in [0.25, 0.3) is 0 Å². The summed E-state index contributed by atoms with van der Waals surface area (Å²) in [6, 6.07) is 25.5. The van der Waals surface area contributed by atoms with E-state index in [-0.39, 0.29) is 0 Å². The van der Waals surface area contributed by atoms with E-state index in [0.29, 0.717) is 0 Å². The van der Waals surface area contributed by atoms with Crippen LogP contribution in [0.5, 0.6) is 0 Å². The molecule has 27 heavy (non-hydrogen) atoms. The Hall–Kier alpha value is -2.75. The molecule has 4 aromatic rings. The highest BCUT2D eigenvalue weighted by molar-refractivity contribution is 5.85. The van der Waals surface area contributed by atoms with Crippen LogP contribution in [0.4, 0.5) is 0 Å². The molecule has 0 aliphatic heterocycles. The first-order valence-electron chi connectivity index (χ1n) is 9.62. The van der Waals surface area contributed by atoms with Gasteiger partial charge >= 0.3 is 0 Å². The molecule has 0 saturated carbocycles. The fraction of sp³-hybridized carbons (Fsp3) is 0.208. The van der Waals surface area contributed by atoms with E-state index in [9.17, 15) is 0 Å². The summed E-state index contributed by atoms with van der Waals surface area (Å²) >= 11 is 0. The molecule has 0 unspecified atom stereocenters. The molecule has 0 atom stereocenters. The smallest absolute Gasteiger partial charge is 0.0705 e. The molecular formula is C24H25N3. The molecule has 0 radical (unpaired) electrons. The summed E-state index contributed by atoms with van der Waals surface area (Å²) in [4.78, 5) is 4.42. The zero-order chi connectivity index (χ0) is 18.3. The van der Waals surface area contributed by atoms with Crippen LogP contribution in [0.2, 0.25) is 0 Å². The summed E-state index contributed by atoms with van der Waals surface area (Å²) in [5, 5.41) is 11.0. The number of para-hydroxylation sites is 1. The van der Waals surface area contributed by atoms with E-state index < -0.39 is 0 Å². The van der Waals surface area contributed by atoms with Crippen LogP contribution in [-0.4, -0.2) is 18.1 Å². The average molecular weight is 355 g/mol. The Bertz CT molecular complexity index is 932. The lowest BCUT2D eigenvalue weighted by Crippen LogP contribution is -2.21. The topological polar surface area (TPSA) is 37.0 Å². The number of nitrogens with zero attached hydrogens (tertiary/aromatic N) is 1.